The molecule has 1 aromatic heterocycles. The molecule has 0 bridgehead atoms. The number of ketones is 1. The van der Waals surface area contributed by atoms with Crippen LogP contribution in [0.25, 0.3) is 0 Å². The molecule has 1 aliphatic heterocycles. The maximum absolute atomic E-state index is 12.8. The Bertz CT molecular complexity index is 805. The van der Waals surface area contributed by atoms with E-state index in [9.17, 15) is 10.1 Å². The molecule has 0 amide bonds. The topological polar surface area (TPSA) is 93.9 Å². The van der Waals surface area contributed by atoms with E-state index in [1.165, 1.54) is 0 Å². The first kappa shape index (κ1) is 15.3. The molecule has 0 aromatic carbocycles. The van der Waals surface area contributed by atoms with Crippen molar-refractivity contribution < 1.29 is 9.53 Å². The number of hydrogen-bond acceptors (Lipinski definition) is 5. The number of aromatic nitrogens is 2. The van der Waals surface area contributed by atoms with E-state index < -0.39 is 5.92 Å². The fraction of sp³-hybridized carbons (Fsp3) is 0.471. The monoisotopic (exact) mass is 312 g/mol. The van der Waals surface area contributed by atoms with Crippen molar-refractivity contribution in [2.75, 3.05) is 0 Å². The van der Waals surface area contributed by atoms with Crippen molar-refractivity contribution in [3.05, 3.63) is 40.2 Å². The molecule has 0 unspecified atom stereocenters. The van der Waals surface area contributed by atoms with Crippen molar-refractivity contribution in [2.45, 2.75) is 39.5 Å². The smallest absolute Gasteiger partial charge is 0.205 e. The zero-order valence-corrected chi connectivity index (χ0v) is 13.8. The molecule has 0 fully saturated rings. The number of allylic oxidation sites excluding steroid dienone is 3. The molecular formula is C17H20N4O2. The van der Waals surface area contributed by atoms with Gasteiger partial charge in [-0.2, -0.15) is 10.4 Å². The lowest BCUT2D eigenvalue weighted by Crippen LogP contribution is -2.33. The fourth-order valence-corrected chi connectivity index (χ4v) is 3.47. The second-order valence-electron chi connectivity index (χ2n) is 7.07. The standard InChI is InChI=1S/C17H20N4O2/c1-9-8-21(4)20-15(9)13-10(7-18)16(19)23-12-6-17(2,3)5-11(22)14(12)13/h8,13H,5-6,19H2,1-4H3/t13-/m0/s1. The van der Waals surface area contributed by atoms with Gasteiger partial charge in [0, 0.05) is 31.7 Å². The summed E-state index contributed by atoms with van der Waals surface area (Å²) in [5.74, 6) is 0.129. The highest BCUT2D eigenvalue weighted by Gasteiger charge is 2.44. The van der Waals surface area contributed by atoms with Crippen LogP contribution in [-0.2, 0) is 16.6 Å². The SMILES string of the molecule is Cc1cn(C)nc1[C@H]1C(C#N)=C(N)OC2=C1C(=O)CC(C)(C)C2. The molecule has 0 saturated carbocycles. The van der Waals surface area contributed by atoms with Crippen LogP contribution in [0.3, 0.4) is 0 Å². The summed E-state index contributed by atoms with van der Waals surface area (Å²) in [5.41, 5.74) is 8.21. The number of hydrogen-bond donors (Lipinski definition) is 1. The Hall–Kier alpha value is -2.55. The number of nitriles is 1. The second-order valence-corrected chi connectivity index (χ2v) is 7.07. The molecule has 6 heteroatoms. The Morgan fingerprint density at radius 3 is 2.74 bits per heavy atom. The lowest BCUT2D eigenvalue weighted by molar-refractivity contribution is -0.119. The molecule has 6 nitrogen and oxygen atoms in total. The van der Waals surface area contributed by atoms with Gasteiger partial charge in [-0.3, -0.25) is 9.48 Å². The molecule has 0 saturated heterocycles. The van der Waals surface area contributed by atoms with E-state index in [1.807, 2.05) is 34.0 Å². The molecule has 2 aliphatic rings. The van der Waals surface area contributed by atoms with Crippen LogP contribution in [0.2, 0.25) is 0 Å². The van der Waals surface area contributed by atoms with Crippen LogP contribution in [0.15, 0.2) is 29.0 Å². The van der Waals surface area contributed by atoms with E-state index >= 15 is 0 Å². The van der Waals surface area contributed by atoms with Gasteiger partial charge in [0.25, 0.3) is 0 Å². The third-order valence-corrected chi connectivity index (χ3v) is 4.40. The molecule has 120 valence electrons. The third-order valence-electron chi connectivity index (χ3n) is 4.40. The number of carbonyl (C=O) groups is 1. The summed E-state index contributed by atoms with van der Waals surface area (Å²) in [7, 11) is 1.82. The van der Waals surface area contributed by atoms with Gasteiger partial charge < -0.3 is 10.5 Å². The summed E-state index contributed by atoms with van der Waals surface area (Å²) in [6.07, 6.45) is 2.92. The Kier molecular flexibility index (Phi) is 3.33. The average molecular weight is 312 g/mol. The quantitative estimate of drug-likeness (QED) is 0.857. The van der Waals surface area contributed by atoms with Crippen molar-refractivity contribution in [2.24, 2.45) is 18.2 Å². The molecule has 1 aliphatic carbocycles. The number of nitrogens with two attached hydrogens (primary N) is 1. The summed E-state index contributed by atoms with van der Waals surface area (Å²) in [6.45, 7) is 5.97. The molecule has 0 radical (unpaired) electrons. The van der Waals surface area contributed by atoms with Gasteiger partial charge in [0.1, 0.15) is 17.4 Å². The van der Waals surface area contributed by atoms with Crippen molar-refractivity contribution in [3.63, 3.8) is 0 Å². The minimum Gasteiger partial charge on any atom is -0.444 e. The van der Waals surface area contributed by atoms with Crippen LogP contribution in [0.1, 0.15) is 43.9 Å². The highest BCUT2D eigenvalue weighted by Crippen LogP contribution is 2.47. The van der Waals surface area contributed by atoms with Gasteiger partial charge in [-0.05, 0) is 17.9 Å². The largest absolute Gasteiger partial charge is 0.444 e. The van der Waals surface area contributed by atoms with Gasteiger partial charge in [-0.25, -0.2) is 0 Å². The van der Waals surface area contributed by atoms with Crippen LogP contribution in [0, 0.1) is 23.7 Å². The molecular weight excluding hydrogens is 292 g/mol. The summed E-state index contributed by atoms with van der Waals surface area (Å²) in [4.78, 5) is 12.8. The Morgan fingerprint density at radius 1 is 1.48 bits per heavy atom. The number of carbonyl (C=O) groups excluding carboxylic acids is 1. The first-order chi connectivity index (χ1) is 10.7. The lowest BCUT2D eigenvalue weighted by Gasteiger charge is -2.36. The number of rotatable bonds is 1. The van der Waals surface area contributed by atoms with E-state index in [0.717, 1.165) is 5.56 Å². The Morgan fingerprint density at radius 2 is 2.17 bits per heavy atom. The first-order valence-electron chi connectivity index (χ1n) is 7.57. The predicted molar refractivity (Wildman–Crippen MR) is 83.6 cm³/mol. The fourth-order valence-electron chi connectivity index (χ4n) is 3.47. The van der Waals surface area contributed by atoms with Crippen molar-refractivity contribution in [1.82, 2.24) is 9.78 Å². The van der Waals surface area contributed by atoms with Crippen molar-refractivity contribution >= 4 is 5.78 Å². The number of Topliss-reactive ketones (excluding diaryl/α,β-unsaturated/α-hetero) is 1. The average Bonchev–Trinajstić information content (AvgIpc) is 2.74. The minimum atomic E-state index is -0.534. The maximum Gasteiger partial charge on any atom is 0.205 e. The zero-order chi connectivity index (χ0) is 16.9. The van der Waals surface area contributed by atoms with Crippen LogP contribution in [-0.4, -0.2) is 15.6 Å². The van der Waals surface area contributed by atoms with Gasteiger partial charge in [-0.15, -0.1) is 0 Å². The van der Waals surface area contributed by atoms with E-state index in [-0.39, 0.29) is 22.7 Å². The van der Waals surface area contributed by atoms with E-state index in [2.05, 4.69) is 11.2 Å². The van der Waals surface area contributed by atoms with Crippen LogP contribution >= 0.6 is 0 Å². The van der Waals surface area contributed by atoms with Crippen LogP contribution in [0.4, 0.5) is 0 Å². The molecule has 1 atom stereocenters. The van der Waals surface area contributed by atoms with Gasteiger partial charge in [0.2, 0.25) is 5.88 Å². The summed E-state index contributed by atoms with van der Waals surface area (Å²) in [5, 5.41) is 14.0. The van der Waals surface area contributed by atoms with Gasteiger partial charge >= 0.3 is 0 Å². The van der Waals surface area contributed by atoms with Gasteiger partial charge in [-0.1, -0.05) is 13.8 Å². The summed E-state index contributed by atoms with van der Waals surface area (Å²) >= 11 is 0. The highest BCUT2D eigenvalue weighted by atomic mass is 16.5. The first-order valence-corrected chi connectivity index (χ1v) is 7.57. The number of nitrogens with zero attached hydrogens (tertiary/aromatic N) is 3. The second kappa shape index (κ2) is 4.98. The van der Waals surface area contributed by atoms with Crippen molar-refractivity contribution in [1.29, 1.82) is 5.26 Å². The Balaban J connectivity index is 2.22. The van der Waals surface area contributed by atoms with E-state index in [1.54, 1.807) is 4.68 Å². The molecule has 23 heavy (non-hydrogen) atoms. The number of aryl methyl sites for hydroxylation is 2. The van der Waals surface area contributed by atoms with Gasteiger partial charge in [0.15, 0.2) is 5.78 Å². The van der Waals surface area contributed by atoms with Crippen LogP contribution < -0.4 is 5.73 Å². The molecule has 1 aromatic rings. The molecule has 3 rings (SSSR count). The van der Waals surface area contributed by atoms with Crippen molar-refractivity contribution in [3.8, 4) is 6.07 Å². The van der Waals surface area contributed by atoms with Gasteiger partial charge in [0.05, 0.1) is 11.6 Å². The minimum absolute atomic E-state index is 0.00607. The maximum atomic E-state index is 12.8. The molecule has 2 heterocycles. The van der Waals surface area contributed by atoms with Crippen LogP contribution in [0.5, 0.6) is 0 Å². The molecule has 0 spiro atoms. The predicted octanol–water partition coefficient (Wildman–Crippen LogP) is 2.18. The lowest BCUT2D eigenvalue weighted by atomic mass is 9.71. The summed E-state index contributed by atoms with van der Waals surface area (Å²) < 4.78 is 7.34. The number of ether oxygens (including phenoxy) is 1. The van der Waals surface area contributed by atoms with E-state index in [4.69, 9.17) is 10.5 Å². The normalized spacial score (nSPS) is 23.4. The Labute approximate surface area is 135 Å². The summed E-state index contributed by atoms with van der Waals surface area (Å²) in [6, 6.07) is 2.11. The highest BCUT2D eigenvalue weighted by molar-refractivity contribution is 6.00. The third kappa shape index (κ3) is 2.42. The molecule has 2 N–H and O–H groups in total. The van der Waals surface area contributed by atoms with E-state index in [0.29, 0.717) is 29.9 Å². The zero-order valence-electron chi connectivity index (χ0n) is 13.8.